The van der Waals surface area contributed by atoms with Crippen LogP contribution in [0.4, 0.5) is 0 Å². The van der Waals surface area contributed by atoms with Crippen LogP contribution < -0.4 is 0 Å². The molecule has 1 unspecified atom stereocenters. The van der Waals surface area contributed by atoms with Gasteiger partial charge in [-0.1, -0.05) is 86.3 Å². The Bertz CT molecular complexity index is 766. The molecule has 0 aliphatic heterocycles. The number of hydrogen-bond acceptors (Lipinski definition) is 2. The molecule has 0 heterocycles. The van der Waals surface area contributed by atoms with Gasteiger partial charge in [-0.25, -0.2) is 0 Å². The van der Waals surface area contributed by atoms with Gasteiger partial charge in [0.05, 0.1) is 5.92 Å². The van der Waals surface area contributed by atoms with E-state index in [4.69, 9.17) is 0 Å². The average Bonchev–Trinajstić information content (AvgIpc) is 2.58. The summed E-state index contributed by atoms with van der Waals surface area (Å²) >= 11 is 4.54. The predicted octanol–water partition coefficient (Wildman–Crippen LogP) is 5.63. The first-order chi connectivity index (χ1) is 10.8. The Morgan fingerprint density at radius 2 is 1.26 bits per heavy atom. The Morgan fingerprint density at radius 3 is 1.87 bits per heavy atom. The van der Waals surface area contributed by atoms with Gasteiger partial charge in [0.25, 0.3) is 0 Å². The van der Waals surface area contributed by atoms with Crippen LogP contribution in [0.2, 0.25) is 0 Å². The Labute approximate surface area is 143 Å². The summed E-state index contributed by atoms with van der Waals surface area (Å²) in [4.78, 5) is 13.9. The number of hydrogen-bond donors (Lipinski definition) is 1. The Balaban J connectivity index is 0.00000192. The molecule has 0 amide bonds. The molecular formula is C21H20OS. The summed E-state index contributed by atoms with van der Waals surface area (Å²) in [5.41, 5.74) is 2.64. The summed E-state index contributed by atoms with van der Waals surface area (Å²) in [6.07, 6.45) is 0. The molecule has 2 heteroatoms. The van der Waals surface area contributed by atoms with E-state index in [9.17, 15) is 4.79 Å². The van der Waals surface area contributed by atoms with Crippen molar-refractivity contribution in [1.82, 2.24) is 0 Å². The van der Waals surface area contributed by atoms with Crippen LogP contribution in [0.5, 0.6) is 0 Å². The van der Waals surface area contributed by atoms with Crippen LogP contribution in [0.3, 0.4) is 0 Å². The first kappa shape index (κ1) is 17.0. The summed E-state index contributed by atoms with van der Waals surface area (Å²) in [7, 11) is 0. The summed E-state index contributed by atoms with van der Waals surface area (Å²) in [6.45, 7) is 0. The third-order valence-electron chi connectivity index (χ3n) is 3.70. The Kier molecular flexibility index (Phi) is 5.78. The van der Waals surface area contributed by atoms with E-state index >= 15 is 0 Å². The van der Waals surface area contributed by atoms with Gasteiger partial charge in [-0.2, -0.15) is 0 Å². The second-order valence-electron chi connectivity index (χ2n) is 5.13. The van der Waals surface area contributed by atoms with E-state index in [0.29, 0.717) is 5.56 Å². The zero-order valence-corrected chi connectivity index (χ0v) is 12.9. The van der Waals surface area contributed by atoms with Gasteiger partial charge in [-0.15, -0.1) is 12.6 Å². The Hall–Kier alpha value is -2.32. The fourth-order valence-corrected chi connectivity index (χ4v) is 2.91. The van der Waals surface area contributed by atoms with Crippen molar-refractivity contribution in [3.63, 3.8) is 0 Å². The van der Waals surface area contributed by atoms with Crippen LogP contribution >= 0.6 is 12.6 Å². The maximum Gasteiger partial charge on any atom is 0.174 e. The highest BCUT2D eigenvalue weighted by atomic mass is 32.1. The van der Waals surface area contributed by atoms with Crippen LogP contribution in [0.1, 0.15) is 34.8 Å². The van der Waals surface area contributed by atoms with Gasteiger partial charge in [0.1, 0.15) is 0 Å². The number of thiol groups is 1. The van der Waals surface area contributed by atoms with Gasteiger partial charge in [0.15, 0.2) is 5.78 Å². The number of rotatable bonds is 4. The monoisotopic (exact) mass is 320 g/mol. The van der Waals surface area contributed by atoms with Crippen LogP contribution in [0.25, 0.3) is 0 Å². The normalized spacial score (nSPS) is 11.3. The maximum absolute atomic E-state index is 13.1. The zero-order chi connectivity index (χ0) is 15.4. The molecule has 0 spiro atoms. The molecule has 0 radical (unpaired) electrons. The number of benzene rings is 3. The molecule has 116 valence electrons. The van der Waals surface area contributed by atoms with Crippen molar-refractivity contribution in [1.29, 1.82) is 0 Å². The first-order valence-electron chi connectivity index (χ1n) is 7.19. The van der Waals surface area contributed by atoms with E-state index in [1.807, 2.05) is 84.9 Å². The molecule has 23 heavy (non-hydrogen) atoms. The molecule has 1 nitrogen and oxygen atoms in total. The van der Waals surface area contributed by atoms with Gasteiger partial charge < -0.3 is 0 Å². The van der Waals surface area contributed by atoms with E-state index in [1.165, 1.54) is 0 Å². The van der Waals surface area contributed by atoms with Crippen LogP contribution in [-0.2, 0) is 0 Å². The van der Waals surface area contributed by atoms with Gasteiger partial charge in [0.2, 0.25) is 0 Å². The van der Waals surface area contributed by atoms with Crippen molar-refractivity contribution in [2.24, 2.45) is 0 Å². The van der Waals surface area contributed by atoms with Crippen molar-refractivity contribution in [2.45, 2.75) is 18.2 Å². The third kappa shape index (κ3) is 3.72. The minimum atomic E-state index is -0.336. The highest BCUT2D eigenvalue weighted by Gasteiger charge is 2.25. The summed E-state index contributed by atoms with van der Waals surface area (Å²) in [5.74, 6) is -0.245. The maximum atomic E-state index is 13.1. The molecule has 0 bridgehead atoms. The van der Waals surface area contributed by atoms with Crippen molar-refractivity contribution in [3.8, 4) is 0 Å². The minimum Gasteiger partial charge on any atom is -0.293 e. The largest absolute Gasteiger partial charge is 0.293 e. The van der Waals surface area contributed by atoms with Crippen molar-refractivity contribution in [2.75, 3.05) is 0 Å². The molecule has 0 aliphatic rings. The number of carbonyl (C=O) groups excluding carboxylic acids is 1. The second-order valence-corrected chi connectivity index (χ2v) is 5.61. The fraction of sp³-hybridized carbons (Fsp3) is 0.0952. The topological polar surface area (TPSA) is 17.1 Å². The standard InChI is InChI=1S/C20H16OS.CH4/c21-20(16-11-5-2-6-12-16)19(15-9-3-1-4-10-15)17-13-7-8-14-18(17)22;/h1-14,19,22H;1H4. The van der Waals surface area contributed by atoms with E-state index in [-0.39, 0.29) is 19.1 Å². The molecule has 3 aromatic carbocycles. The molecule has 0 aliphatic carbocycles. The van der Waals surface area contributed by atoms with E-state index in [2.05, 4.69) is 12.6 Å². The number of ketones is 1. The predicted molar refractivity (Wildman–Crippen MR) is 99.5 cm³/mol. The lowest BCUT2D eigenvalue weighted by Gasteiger charge is -2.18. The van der Waals surface area contributed by atoms with Crippen molar-refractivity contribution < 1.29 is 4.79 Å². The fourth-order valence-electron chi connectivity index (χ4n) is 2.62. The molecule has 1 atom stereocenters. The molecular weight excluding hydrogens is 300 g/mol. The molecule has 3 aromatic rings. The van der Waals surface area contributed by atoms with Gasteiger partial charge in [-0.3, -0.25) is 4.79 Å². The molecule has 0 aromatic heterocycles. The number of Topliss-reactive ketones (excluding diaryl/α,β-unsaturated/α-hetero) is 1. The minimum absolute atomic E-state index is 0. The molecule has 0 N–H and O–H groups in total. The molecule has 0 saturated heterocycles. The average molecular weight is 320 g/mol. The highest BCUT2D eigenvalue weighted by Crippen LogP contribution is 2.32. The molecule has 0 fully saturated rings. The van der Waals surface area contributed by atoms with E-state index in [0.717, 1.165) is 16.0 Å². The van der Waals surface area contributed by atoms with Gasteiger partial charge >= 0.3 is 0 Å². The first-order valence-corrected chi connectivity index (χ1v) is 7.64. The highest BCUT2D eigenvalue weighted by molar-refractivity contribution is 7.80. The summed E-state index contributed by atoms with van der Waals surface area (Å²) in [6, 6.07) is 27.1. The third-order valence-corrected chi connectivity index (χ3v) is 4.11. The number of carbonyl (C=O) groups is 1. The van der Waals surface area contributed by atoms with Crippen LogP contribution in [0.15, 0.2) is 89.8 Å². The van der Waals surface area contributed by atoms with E-state index in [1.54, 1.807) is 0 Å². The Morgan fingerprint density at radius 1 is 0.739 bits per heavy atom. The molecule has 0 saturated carbocycles. The summed E-state index contributed by atoms with van der Waals surface area (Å²) < 4.78 is 0. The lowest BCUT2D eigenvalue weighted by atomic mass is 9.85. The van der Waals surface area contributed by atoms with Crippen LogP contribution in [0, 0.1) is 0 Å². The van der Waals surface area contributed by atoms with Crippen molar-refractivity contribution >= 4 is 18.4 Å². The van der Waals surface area contributed by atoms with Crippen LogP contribution in [-0.4, -0.2) is 5.78 Å². The smallest absolute Gasteiger partial charge is 0.174 e. The molecule has 3 rings (SSSR count). The zero-order valence-electron chi connectivity index (χ0n) is 12.0. The lowest BCUT2D eigenvalue weighted by Crippen LogP contribution is -2.15. The van der Waals surface area contributed by atoms with Gasteiger partial charge in [0, 0.05) is 10.5 Å². The summed E-state index contributed by atoms with van der Waals surface area (Å²) in [5, 5.41) is 0. The SMILES string of the molecule is C.O=C(c1ccccc1)C(c1ccccc1)c1ccccc1S. The quantitative estimate of drug-likeness (QED) is 0.487. The second kappa shape index (κ2) is 7.80. The van der Waals surface area contributed by atoms with Gasteiger partial charge in [-0.05, 0) is 17.2 Å². The lowest BCUT2D eigenvalue weighted by molar-refractivity contribution is 0.0973. The van der Waals surface area contributed by atoms with E-state index < -0.39 is 0 Å². The van der Waals surface area contributed by atoms with Crippen molar-refractivity contribution in [3.05, 3.63) is 102 Å².